The molecular weight excluding hydrogens is 224 g/mol. The Kier molecular flexibility index (Phi) is 7.20. The summed E-state index contributed by atoms with van der Waals surface area (Å²) in [6, 6.07) is 0.612. The largest absolute Gasteiger partial charge is 0.379 e. The third-order valence-electron chi connectivity index (χ3n) is 3.53. The van der Waals surface area contributed by atoms with Crippen molar-refractivity contribution in [3.63, 3.8) is 0 Å². The summed E-state index contributed by atoms with van der Waals surface area (Å²) in [5, 5.41) is 3.54. The smallest absolute Gasteiger partial charge is 0.0619 e. The van der Waals surface area contributed by atoms with Gasteiger partial charge in [-0.1, -0.05) is 12.8 Å². The van der Waals surface area contributed by atoms with Gasteiger partial charge in [-0.25, -0.2) is 0 Å². The van der Waals surface area contributed by atoms with Gasteiger partial charge in [0.2, 0.25) is 0 Å². The zero-order valence-electron chi connectivity index (χ0n) is 12.8. The van der Waals surface area contributed by atoms with Gasteiger partial charge >= 0.3 is 0 Å². The molecule has 0 radical (unpaired) electrons. The van der Waals surface area contributed by atoms with Crippen molar-refractivity contribution in [3.05, 3.63) is 0 Å². The lowest BCUT2D eigenvalue weighted by Crippen LogP contribution is -2.43. The Hall–Kier alpha value is -0.120. The third-order valence-corrected chi connectivity index (χ3v) is 3.53. The fourth-order valence-electron chi connectivity index (χ4n) is 2.35. The lowest BCUT2D eigenvalue weighted by Gasteiger charge is -2.33. The van der Waals surface area contributed by atoms with E-state index < -0.39 is 0 Å². The number of hydrogen-bond donors (Lipinski definition) is 1. The Labute approximate surface area is 113 Å². The molecular formula is C15H32N2O. The summed E-state index contributed by atoms with van der Waals surface area (Å²) in [5.41, 5.74) is 0.267. The molecule has 1 unspecified atom stereocenters. The molecule has 0 amide bonds. The van der Waals surface area contributed by atoms with Gasteiger partial charge in [-0.3, -0.25) is 4.90 Å². The maximum absolute atomic E-state index is 5.45. The molecule has 108 valence electrons. The van der Waals surface area contributed by atoms with Gasteiger partial charge < -0.3 is 10.1 Å². The number of nitrogens with zero attached hydrogens (tertiary/aromatic N) is 1. The minimum absolute atomic E-state index is 0.267. The minimum Gasteiger partial charge on any atom is -0.379 e. The van der Waals surface area contributed by atoms with Crippen LogP contribution >= 0.6 is 0 Å². The fourth-order valence-corrected chi connectivity index (χ4v) is 2.35. The Morgan fingerprint density at radius 2 is 1.89 bits per heavy atom. The van der Waals surface area contributed by atoms with Crippen molar-refractivity contribution in [1.29, 1.82) is 0 Å². The van der Waals surface area contributed by atoms with Crippen molar-refractivity contribution in [2.24, 2.45) is 0 Å². The molecule has 1 fully saturated rings. The monoisotopic (exact) mass is 256 g/mol. The van der Waals surface area contributed by atoms with Gasteiger partial charge in [0.05, 0.1) is 13.2 Å². The van der Waals surface area contributed by atoms with E-state index in [1.807, 2.05) is 0 Å². The van der Waals surface area contributed by atoms with Gasteiger partial charge in [-0.2, -0.15) is 0 Å². The van der Waals surface area contributed by atoms with Crippen molar-refractivity contribution in [3.8, 4) is 0 Å². The number of unbranched alkanes of at least 4 members (excludes halogenated alkanes) is 3. The van der Waals surface area contributed by atoms with Crippen LogP contribution in [0.25, 0.3) is 0 Å². The van der Waals surface area contributed by atoms with Gasteiger partial charge in [0.15, 0.2) is 0 Å². The van der Waals surface area contributed by atoms with Gasteiger partial charge in [0, 0.05) is 18.1 Å². The van der Waals surface area contributed by atoms with Crippen LogP contribution in [0.3, 0.4) is 0 Å². The highest BCUT2D eigenvalue weighted by Gasteiger charge is 2.17. The van der Waals surface area contributed by atoms with Crippen LogP contribution in [0.4, 0.5) is 0 Å². The van der Waals surface area contributed by atoms with Crippen molar-refractivity contribution >= 4 is 0 Å². The lowest BCUT2D eigenvalue weighted by molar-refractivity contribution is -0.000916. The van der Waals surface area contributed by atoms with E-state index in [2.05, 4.69) is 37.9 Å². The first-order valence-electron chi connectivity index (χ1n) is 7.56. The van der Waals surface area contributed by atoms with Gasteiger partial charge in [0.1, 0.15) is 0 Å². The van der Waals surface area contributed by atoms with Crippen molar-refractivity contribution in [1.82, 2.24) is 10.2 Å². The average molecular weight is 256 g/mol. The molecule has 1 aliphatic heterocycles. The summed E-state index contributed by atoms with van der Waals surface area (Å²) in [6.07, 6.45) is 5.34. The number of nitrogens with one attached hydrogen (secondary N) is 1. The number of hydrogen-bond acceptors (Lipinski definition) is 3. The predicted octanol–water partition coefficient (Wildman–Crippen LogP) is 2.66. The first-order valence-corrected chi connectivity index (χ1v) is 7.56. The Balaban J connectivity index is 1.92. The predicted molar refractivity (Wildman–Crippen MR) is 78.1 cm³/mol. The maximum Gasteiger partial charge on any atom is 0.0619 e. The maximum atomic E-state index is 5.45. The second-order valence-electron chi connectivity index (χ2n) is 6.55. The first-order chi connectivity index (χ1) is 8.49. The molecule has 1 N–H and O–H groups in total. The topological polar surface area (TPSA) is 24.5 Å². The second kappa shape index (κ2) is 8.13. The van der Waals surface area contributed by atoms with Gasteiger partial charge in [-0.05, 0) is 53.6 Å². The summed E-state index contributed by atoms with van der Waals surface area (Å²) in [5.74, 6) is 0. The molecule has 0 aromatic carbocycles. The van der Waals surface area contributed by atoms with E-state index in [0.29, 0.717) is 6.04 Å². The molecule has 0 aromatic heterocycles. The van der Waals surface area contributed by atoms with Crippen LogP contribution in [0.2, 0.25) is 0 Å². The van der Waals surface area contributed by atoms with Crippen LogP contribution in [-0.2, 0) is 4.74 Å². The molecule has 1 aliphatic rings. The SMILES string of the molecule is CC1COCCN1CCCCCCNC(C)(C)C. The molecule has 18 heavy (non-hydrogen) atoms. The molecule has 1 saturated heterocycles. The summed E-state index contributed by atoms with van der Waals surface area (Å²) in [7, 11) is 0. The zero-order valence-corrected chi connectivity index (χ0v) is 12.8. The summed E-state index contributed by atoms with van der Waals surface area (Å²) >= 11 is 0. The number of rotatable bonds is 7. The van der Waals surface area contributed by atoms with Crippen LogP contribution in [0.1, 0.15) is 53.4 Å². The molecule has 1 atom stereocenters. The van der Waals surface area contributed by atoms with E-state index in [1.165, 1.54) is 32.2 Å². The standard InChI is InChI=1S/C15H32N2O/c1-14-13-18-12-11-17(14)10-8-6-5-7-9-16-15(2,3)4/h14,16H,5-13H2,1-4H3. The molecule has 0 spiro atoms. The molecule has 1 rings (SSSR count). The van der Waals surface area contributed by atoms with E-state index in [0.717, 1.165) is 26.3 Å². The zero-order chi connectivity index (χ0) is 13.4. The molecule has 0 aliphatic carbocycles. The summed E-state index contributed by atoms with van der Waals surface area (Å²) in [6.45, 7) is 14.3. The Bertz CT molecular complexity index is 213. The molecule has 1 heterocycles. The van der Waals surface area contributed by atoms with E-state index in [9.17, 15) is 0 Å². The Morgan fingerprint density at radius 1 is 1.17 bits per heavy atom. The van der Waals surface area contributed by atoms with E-state index in [1.54, 1.807) is 0 Å². The molecule has 0 bridgehead atoms. The minimum atomic E-state index is 0.267. The molecule has 3 nitrogen and oxygen atoms in total. The van der Waals surface area contributed by atoms with Crippen molar-refractivity contribution in [2.75, 3.05) is 32.8 Å². The average Bonchev–Trinajstić information content (AvgIpc) is 2.28. The van der Waals surface area contributed by atoms with E-state index in [4.69, 9.17) is 4.74 Å². The quantitative estimate of drug-likeness (QED) is 0.709. The second-order valence-corrected chi connectivity index (χ2v) is 6.55. The van der Waals surface area contributed by atoms with Crippen LogP contribution in [0.15, 0.2) is 0 Å². The van der Waals surface area contributed by atoms with Crippen LogP contribution in [0.5, 0.6) is 0 Å². The van der Waals surface area contributed by atoms with E-state index >= 15 is 0 Å². The first kappa shape index (κ1) is 15.9. The lowest BCUT2D eigenvalue weighted by atomic mass is 10.1. The van der Waals surface area contributed by atoms with Crippen molar-refractivity contribution < 1.29 is 4.74 Å². The molecule has 0 saturated carbocycles. The fraction of sp³-hybridized carbons (Fsp3) is 1.00. The van der Waals surface area contributed by atoms with Crippen LogP contribution < -0.4 is 5.32 Å². The molecule has 3 heteroatoms. The highest BCUT2D eigenvalue weighted by atomic mass is 16.5. The van der Waals surface area contributed by atoms with Crippen molar-refractivity contribution in [2.45, 2.75) is 65.0 Å². The Morgan fingerprint density at radius 3 is 2.56 bits per heavy atom. The third kappa shape index (κ3) is 7.34. The van der Waals surface area contributed by atoms with Gasteiger partial charge in [0.25, 0.3) is 0 Å². The number of morpholine rings is 1. The summed E-state index contributed by atoms with van der Waals surface area (Å²) < 4.78 is 5.45. The number of ether oxygens (including phenoxy) is 1. The summed E-state index contributed by atoms with van der Waals surface area (Å²) in [4.78, 5) is 2.57. The van der Waals surface area contributed by atoms with E-state index in [-0.39, 0.29) is 5.54 Å². The van der Waals surface area contributed by atoms with Gasteiger partial charge in [-0.15, -0.1) is 0 Å². The highest BCUT2D eigenvalue weighted by molar-refractivity contribution is 4.71. The molecule has 0 aromatic rings. The van der Waals surface area contributed by atoms with Crippen LogP contribution in [-0.4, -0.2) is 49.3 Å². The normalized spacial score (nSPS) is 22.3. The van der Waals surface area contributed by atoms with Crippen LogP contribution in [0, 0.1) is 0 Å². The highest BCUT2D eigenvalue weighted by Crippen LogP contribution is 2.09.